The molecule has 1 saturated carbocycles. The van der Waals surface area contributed by atoms with E-state index in [4.69, 9.17) is 5.11 Å². The molecule has 3 N–H and O–H groups in total. The van der Waals surface area contributed by atoms with Gasteiger partial charge in [0.15, 0.2) is 0 Å². The molecular weight excluding hydrogens is 186 g/mol. The highest BCUT2D eigenvalue weighted by Gasteiger charge is 2.48. The number of hydrogen-bond acceptors (Lipinski definition) is 4. The first-order chi connectivity index (χ1) is 6.62. The maximum absolute atomic E-state index is 11.0. The van der Waals surface area contributed by atoms with Gasteiger partial charge in [0.2, 0.25) is 0 Å². The summed E-state index contributed by atoms with van der Waals surface area (Å²) in [5, 5.41) is 20.9. The SMILES string of the molecule is C=CCOC(=O)N[C@H](CO)C1(O)CC1. The first kappa shape index (κ1) is 11.0. The zero-order valence-electron chi connectivity index (χ0n) is 7.90. The van der Waals surface area contributed by atoms with Gasteiger partial charge in [0, 0.05) is 0 Å². The summed E-state index contributed by atoms with van der Waals surface area (Å²) in [5.74, 6) is 0. The zero-order valence-corrected chi connectivity index (χ0v) is 7.90. The minimum absolute atomic E-state index is 0.114. The minimum atomic E-state index is -0.943. The summed E-state index contributed by atoms with van der Waals surface area (Å²) >= 11 is 0. The number of rotatable bonds is 5. The molecule has 80 valence electrons. The molecule has 0 heterocycles. The third-order valence-corrected chi connectivity index (χ3v) is 2.22. The average molecular weight is 201 g/mol. The normalized spacial score (nSPS) is 19.6. The molecule has 1 aliphatic rings. The van der Waals surface area contributed by atoms with Crippen molar-refractivity contribution in [1.82, 2.24) is 5.32 Å². The van der Waals surface area contributed by atoms with E-state index in [1.54, 1.807) is 0 Å². The second-order valence-electron chi connectivity index (χ2n) is 3.37. The lowest BCUT2D eigenvalue weighted by Crippen LogP contribution is -2.47. The lowest BCUT2D eigenvalue weighted by atomic mass is 10.1. The lowest BCUT2D eigenvalue weighted by Gasteiger charge is -2.20. The van der Waals surface area contributed by atoms with Crippen molar-refractivity contribution < 1.29 is 19.7 Å². The van der Waals surface area contributed by atoms with Crippen LogP contribution < -0.4 is 5.32 Å². The highest BCUT2D eigenvalue weighted by atomic mass is 16.5. The van der Waals surface area contributed by atoms with Crippen LogP contribution in [0.25, 0.3) is 0 Å². The van der Waals surface area contributed by atoms with Crippen LogP contribution in [0, 0.1) is 0 Å². The van der Waals surface area contributed by atoms with Gasteiger partial charge in [-0.2, -0.15) is 0 Å². The van der Waals surface area contributed by atoms with E-state index in [2.05, 4.69) is 16.6 Å². The molecule has 1 fully saturated rings. The fourth-order valence-electron chi connectivity index (χ4n) is 1.14. The van der Waals surface area contributed by atoms with E-state index in [9.17, 15) is 9.90 Å². The molecule has 1 aliphatic carbocycles. The Hall–Kier alpha value is -1.07. The standard InChI is InChI=1S/C9H15NO4/c1-2-5-14-8(12)10-7(6-11)9(13)3-4-9/h2,7,11,13H,1,3-6H2,(H,10,12)/t7-/m1/s1. The quantitative estimate of drug-likeness (QED) is 0.537. The second-order valence-corrected chi connectivity index (χ2v) is 3.37. The summed E-state index contributed by atoms with van der Waals surface area (Å²) in [5.41, 5.74) is -0.943. The summed E-state index contributed by atoms with van der Waals surface area (Å²) in [6, 6.07) is -0.639. The van der Waals surface area contributed by atoms with Crippen LogP contribution in [0.4, 0.5) is 4.79 Å². The molecule has 5 nitrogen and oxygen atoms in total. The molecule has 0 aromatic carbocycles. The van der Waals surface area contributed by atoms with Crippen molar-refractivity contribution in [2.75, 3.05) is 13.2 Å². The first-order valence-corrected chi connectivity index (χ1v) is 4.50. The van der Waals surface area contributed by atoms with E-state index in [1.165, 1.54) is 6.08 Å². The number of hydrogen-bond donors (Lipinski definition) is 3. The van der Waals surface area contributed by atoms with Gasteiger partial charge in [0.1, 0.15) is 6.61 Å². The van der Waals surface area contributed by atoms with Gasteiger partial charge in [0.25, 0.3) is 0 Å². The average Bonchev–Trinajstić information content (AvgIpc) is 2.90. The summed E-state index contributed by atoms with van der Waals surface area (Å²) in [7, 11) is 0. The van der Waals surface area contributed by atoms with Crippen LogP contribution in [0.1, 0.15) is 12.8 Å². The number of carbonyl (C=O) groups is 1. The Labute approximate surface area is 82.4 Å². The molecular formula is C9H15NO4. The predicted octanol–water partition coefficient (Wildman–Crippen LogP) is -0.216. The number of aliphatic hydroxyl groups excluding tert-OH is 1. The Bertz CT molecular complexity index is 225. The Balaban J connectivity index is 2.33. The molecule has 5 heteroatoms. The van der Waals surface area contributed by atoms with Gasteiger partial charge in [-0.3, -0.25) is 0 Å². The van der Waals surface area contributed by atoms with Crippen LogP contribution in [0.15, 0.2) is 12.7 Å². The molecule has 1 atom stereocenters. The van der Waals surface area contributed by atoms with Gasteiger partial charge in [-0.25, -0.2) is 4.79 Å². The van der Waals surface area contributed by atoms with Crippen LogP contribution in [0.3, 0.4) is 0 Å². The maximum atomic E-state index is 11.0. The summed E-state index contributed by atoms with van der Waals surface area (Å²) in [6.45, 7) is 3.21. The Kier molecular flexibility index (Phi) is 3.49. The Morgan fingerprint density at radius 3 is 2.79 bits per heavy atom. The smallest absolute Gasteiger partial charge is 0.407 e. The van der Waals surface area contributed by atoms with Gasteiger partial charge in [0.05, 0.1) is 18.2 Å². The molecule has 0 saturated heterocycles. The third-order valence-electron chi connectivity index (χ3n) is 2.22. The largest absolute Gasteiger partial charge is 0.445 e. The molecule has 0 bridgehead atoms. The number of amides is 1. The van der Waals surface area contributed by atoms with Gasteiger partial charge < -0.3 is 20.3 Å². The fourth-order valence-corrected chi connectivity index (χ4v) is 1.14. The van der Waals surface area contributed by atoms with Crippen molar-refractivity contribution >= 4 is 6.09 Å². The highest BCUT2D eigenvalue weighted by Crippen LogP contribution is 2.38. The predicted molar refractivity (Wildman–Crippen MR) is 49.7 cm³/mol. The van der Waals surface area contributed by atoms with Gasteiger partial charge in [-0.05, 0) is 12.8 Å². The van der Waals surface area contributed by atoms with E-state index in [-0.39, 0.29) is 13.2 Å². The minimum Gasteiger partial charge on any atom is -0.445 e. The van der Waals surface area contributed by atoms with Crippen molar-refractivity contribution in [2.24, 2.45) is 0 Å². The van der Waals surface area contributed by atoms with E-state index >= 15 is 0 Å². The number of carbonyl (C=O) groups excluding carboxylic acids is 1. The first-order valence-electron chi connectivity index (χ1n) is 4.50. The van der Waals surface area contributed by atoms with Crippen LogP contribution >= 0.6 is 0 Å². The number of ether oxygens (including phenoxy) is 1. The Morgan fingerprint density at radius 2 is 2.36 bits per heavy atom. The van der Waals surface area contributed by atoms with E-state index in [1.807, 2.05) is 0 Å². The lowest BCUT2D eigenvalue weighted by molar-refractivity contribution is 0.0633. The van der Waals surface area contributed by atoms with E-state index in [0.29, 0.717) is 12.8 Å². The Morgan fingerprint density at radius 1 is 1.71 bits per heavy atom. The number of aliphatic hydroxyl groups is 2. The van der Waals surface area contributed by atoms with E-state index < -0.39 is 17.7 Å². The van der Waals surface area contributed by atoms with Crippen LogP contribution in [0.5, 0.6) is 0 Å². The van der Waals surface area contributed by atoms with Crippen LogP contribution in [-0.4, -0.2) is 41.2 Å². The molecule has 0 unspecified atom stereocenters. The monoisotopic (exact) mass is 201 g/mol. The molecule has 0 radical (unpaired) electrons. The maximum Gasteiger partial charge on any atom is 0.407 e. The molecule has 0 aromatic rings. The molecule has 0 spiro atoms. The van der Waals surface area contributed by atoms with E-state index in [0.717, 1.165) is 0 Å². The molecule has 0 aliphatic heterocycles. The second kappa shape index (κ2) is 4.43. The summed E-state index contributed by atoms with van der Waals surface area (Å²) in [6.07, 6.45) is 1.99. The summed E-state index contributed by atoms with van der Waals surface area (Å²) < 4.78 is 4.66. The number of alkyl carbamates (subject to hydrolysis) is 1. The molecule has 14 heavy (non-hydrogen) atoms. The number of nitrogens with one attached hydrogen (secondary N) is 1. The molecule has 1 amide bonds. The van der Waals surface area contributed by atoms with Crippen molar-refractivity contribution in [3.63, 3.8) is 0 Å². The van der Waals surface area contributed by atoms with Crippen molar-refractivity contribution in [2.45, 2.75) is 24.5 Å². The zero-order chi connectivity index (χ0) is 10.6. The van der Waals surface area contributed by atoms with Crippen molar-refractivity contribution in [3.8, 4) is 0 Å². The van der Waals surface area contributed by atoms with Crippen LogP contribution in [-0.2, 0) is 4.74 Å². The topological polar surface area (TPSA) is 78.8 Å². The van der Waals surface area contributed by atoms with Gasteiger partial charge >= 0.3 is 6.09 Å². The fraction of sp³-hybridized carbons (Fsp3) is 0.667. The summed E-state index contributed by atoms with van der Waals surface area (Å²) in [4.78, 5) is 11.0. The third kappa shape index (κ3) is 2.71. The highest BCUT2D eigenvalue weighted by molar-refractivity contribution is 5.68. The molecule has 0 aromatic heterocycles. The van der Waals surface area contributed by atoms with Gasteiger partial charge in [-0.1, -0.05) is 12.7 Å². The van der Waals surface area contributed by atoms with Gasteiger partial charge in [-0.15, -0.1) is 0 Å². The van der Waals surface area contributed by atoms with Crippen molar-refractivity contribution in [1.29, 1.82) is 0 Å². The molecule has 1 rings (SSSR count). The van der Waals surface area contributed by atoms with Crippen molar-refractivity contribution in [3.05, 3.63) is 12.7 Å². The van der Waals surface area contributed by atoms with Crippen LogP contribution in [0.2, 0.25) is 0 Å².